The van der Waals surface area contributed by atoms with E-state index in [0.717, 1.165) is 12.1 Å². The van der Waals surface area contributed by atoms with E-state index in [2.05, 4.69) is 31.2 Å². The number of hydrogen-bond donors (Lipinski definition) is 14. The van der Waals surface area contributed by atoms with Gasteiger partial charge in [-0.1, -0.05) is 64.1 Å². The van der Waals surface area contributed by atoms with Crippen LogP contribution in [0.2, 0.25) is 0 Å². The Kier molecular flexibility index (Phi) is 32.2. The van der Waals surface area contributed by atoms with Crippen molar-refractivity contribution in [3.05, 3.63) is 125 Å². The number of carbonyl (C=O) groups is 8. The average molecular weight is 1870 g/mol. The van der Waals surface area contributed by atoms with Crippen molar-refractivity contribution in [1.29, 1.82) is 0 Å². The quantitative estimate of drug-likeness (QED) is 0.00880. The van der Waals surface area contributed by atoms with Gasteiger partial charge in [-0.2, -0.15) is 50.5 Å². The van der Waals surface area contributed by atoms with Crippen LogP contribution >= 0.6 is 0 Å². The predicted molar refractivity (Wildman–Crippen MR) is 462 cm³/mol. The van der Waals surface area contributed by atoms with Gasteiger partial charge in [0, 0.05) is 109 Å². The van der Waals surface area contributed by atoms with E-state index < -0.39 is 180 Å². The first kappa shape index (κ1) is 99.5. The first-order valence-corrected chi connectivity index (χ1v) is 49.2. The zero-order valence-electron chi connectivity index (χ0n) is 69.5. The Morgan fingerprint density at radius 3 is 1.76 bits per heavy atom. The molecule has 0 aliphatic carbocycles. The molecule has 41 nitrogen and oxygen atoms in total. The van der Waals surface area contributed by atoms with Crippen molar-refractivity contribution >= 4 is 153 Å². The van der Waals surface area contributed by atoms with E-state index in [1.807, 2.05) is 0 Å². The van der Waals surface area contributed by atoms with Gasteiger partial charge in [-0.25, -0.2) is 4.79 Å². The Bertz CT molecular complexity index is 5980. The third-order valence-corrected chi connectivity index (χ3v) is 27.4. The number of allylic oxidation sites excluding steroid dienone is 6. The van der Waals surface area contributed by atoms with Gasteiger partial charge in [0.15, 0.2) is 5.96 Å². The highest BCUT2D eigenvalue weighted by Gasteiger charge is 2.46. The van der Waals surface area contributed by atoms with Crippen LogP contribution in [0, 0.1) is 6.92 Å². The number of rotatable bonds is 40. The fourth-order valence-electron chi connectivity index (χ4n) is 16.5. The number of carboxylic acids is 1. The summed E-state index contributed by atoms with van der Waals surface area (Å²) in [7, 11) is -30.0. The van der Waals surface area contributed by atoms with E-state index in [-0.39, 0.29) is 189 Å². The summed E-state index contributed by atoms with van der Waals surface area (Å²) >= 11 is 0. The molecule has 0 radical (unpaired) electrons. The number of aryl methyl sites for hydroxylation is 1. The smallest absolute Gasteiger partial charge is 0.326 e. The second-order valence-electron chi connectivity index (χ2n) is 32.0. The first-order valence-electron chi connectivity index (χ1n) is 40.2. The van der Waals surface area contributed by atoms with Crippen molar-refractivity contribution in [1.82, 2.24) is 41.0 Å². The molecule has 4 aromatic carbocycles. The van der Waals surface area contributed by atoms with E-state index in [1.165, 1.54) is 81.6 Å². The summed E-state index contributed by atoms with van der Waals surface area (Å²) < 4.78 is 213. The van der Waals surface area contributed by atoms with Crippen LogP contribution in [0.1, 0.15) is 157 Å². The summed E-state index contributed by atoms with van der Waals surface area (Å²) in [4.78, 5) is 124. The summed E-state index contributed by atoms with van der Waals surface area (Å²) in [5.74, 6) is -6.92. The molecule has 0 spiro atoms. The van der Waals surface area contributed by atoms with Gasteiger partial charge in [0.2, 0.25) is 35.4 Å². The molecular formula is C79H104N14O27S6. The fraction of sp³-hybridized carbons (Fsp3) is 0.481. The molecule has 688 valence electrons. The minimum atomic E-state index is -5.23. The van der Waals surface area contributed by atoms with E-state index >= 15 is 0 Å². The van der Waals surface area contributed by atoms with E-state index in [1.54, 1.807) is 39.5 Å². The Balaban J connectivity index is 0.916. The molecule has 0 saturated carbocycles. The number of likely N-dealkylation sites (tertiary alicyclic amines) is 3. The van der Waals surface area contributed by atoms with Gasteiger partial charge in [-0.05, 0) is 178 Å². The largest absolute Gasteiger partial charge is 0.480 e. The Hall–Kier alpha value is -10.3. The molecule has 5 heterocycles. The first-order chi connectivity index (χ1) is 58.7. The summed E-state index contributed by atoms with van der Waals surface area (Å²) in [6.45, 7) is 7.91. The monoisotopic (exact) mass is 1870 g/mol. The molecule has 7 amide bonds. The van der Waals surface area contributed by atoms with Gasteiger partial charge in [0.25, 0.3) is 66.6 Å². The normalized spacial score (nSPS) is 18.1. The third-order valence-electron chi connectivity index (χ3n) is 22.4. The minimum absolute atomic E-state index is 0.0356. The third kappa shape index (κ3) is 24.9. The lowest BCUT2D eigenvalue weighted by Crippen LogP contribution is -2.58. The van der Waals surface area contributed by atoms with Gasteiger partial charge in [-0.3, -0.25) is 75.8 Å². The Morgan fingerprint density at radius 1 is 0.611 bits per heavy atom. The zero-order chi connectivity index (χ0) is 93.1. The topological polar surface area (TPSA) is 660 Å². The number of aromatic nitrogens is 1. The molecule has 126 heavy (non-hydrogen) atoms. The molecule has 9 rings (SSSR count). The molecule has 5 atom stereocenters. The van der Waals surface area contributed by atoms with Gasteiger partial charge in [-0.15, -0.1) is 0 Å². The van der Waals surface area contributed by atoms with E-state index in [0.29, 0.717) is 56.3 Å². The maximum atomic E-state index is 14.4. The lowest BCUT2D eigenvalue weighted by Gasteiger charge is -2.33. The van der Waals surface area contributed by atoms with Crippen LogP contribution in [0.15, 0.2) is 126 Å². The lowest BCUT2D eigenvalue weighted by atomic mass is 9.75. The molecule has 0 unspecified atom stereocenters. The molecule has 47 heteroatoms. The summed E-state index contributed by atoms with van der Waals surface area (Å²) in [6, 6.07) is 6.05. The number of fused-ring (bicyclic) bond motifs is 4. The summed E-state index contributed by atoms with van der Waals surface area (Å²) in [6.07, 6.45) is 9.50. The van der Waals surface area contributed by atoms with Crippen LogP contribution in [0.5, 0.6) is 0 Å². The van der Waals surface area contributed by atoms with Crippen molar-refractivity contribution in [3.63, 3.8) is 0 Å². The minimum Gasteiger partial charge on any atom is -0.480 e. The molecule has 0 bridgehead atoms. The number of unbranched alkanes of at least 4 members (excludes halogenated alkanes) is 1. The highest BCUT2D eigenvalue weighted by molar-refractivity contribution is 7.87. The second kappa shape index (κ2) is 40.8. The SMILES string of the molecule is Cc1ccc2c(S(=O)(=O)O)cc(S(=O)(=O)O)cc2c1C(C)(C)C(/C=C/C(=C/C=C1/N(CCCS(=O)(=O)O)c2ccc3c(S(=O)(=O)O)cc(S(=O)(=O)O)cc3c2C1(C)C)c1ccc(C(=O)NCCCC[C@H](NC(=O)CCCNC(=O)[C@@H]2CCCN2C(=O)[C@@H]2CCCN2C(=O)[C@H](CCCN=C(N)N)NC(=O)[C@@H]2CCCN2C(=O)CN)C(=O)O)nc1)=NCCCS(=O)(=O)O. The van der Waals surface area contributed by atoms with Crippen LogP contribution in [0.4, 0.5) is 5.69 Å². The summed E-state index contributed by atoms with van der Waals surface area (Å²) in [5.41, 5.74) is 15.1. The van der Waals surface area contributed by atoms with Crippen molar-refractivity contribution < 1.29 is 121 Å². The molecule has 5 aromatic rings. The number of nitrogens with two attached hydrogens (primary N) is 3. The number of aliphatic carboxylic acids is 1. The molecular weight excluding hydrogens is 1770 g/mol. The number of anilines is 1. The number of pyridine rings is 1. The van der Waals surface area contributed by atoms with Crippen LogP contribution in [0.3, 0.4) is 0 Å². The lowest BCUT2D eigenvalue weighted by molar-refractivity contribution is -0.148. The Morgan fingerprint density at radius 2 is 1.17 bits per heavy atom. The number of guanidine groups is 1. The standard InChI is InChI=1S/C79H104N14O27S6/c1-47-21-25-52-54(41-50(123(109,110)111)43-63(52)125(115,116)117)69(47)78(2,3)65(83-34-13-39-121(103,104)105)29-23-48(24-30-66-79(4,5)70-55-42-51(124(112,113)114)44-64(126(118,119)120)53(55)26-28-59(70)90(66)38-14-40-122(106,107)108)49-22-27-56(87-46-49)71(96)84-31-7-6-15-58(76(101)102)88-67(94)20-9-32-85-72(97)60-17-11-36-92(60)75(100)62-19-12-37-93(62)74(99)57(16-8-33-86-77(81)82)89-73(98)61-18-10-35-91(61)68(95)45-80/h21-30,41-44,46,57-58,60-62H,6-20,31-40,45,80H2,1-5H3,(H,84,96)(H,85,97)(H,88,94)(H,89,98)(H,101,102)(H4,81,82,86)(H,103,104,105)(H,106,107,108)(H,109,110,111)(H,112,113,114)(H,115,116,117)(H,118,119,120)/b29-23+,48-24-,66-30+,83-65?/t57-,58-,60-,61-,62-/m0/s1. The number of carbonyl (C=O) groups excluding carboxylic acids is 7. The van der Waals surface area contributed by atoms with Crippen molar-refractivity contribution in [2.24, 2.45) is 27.2 Å². The average Bonchev–Trinajstić information content (AvgIpc) is 1.52. The molecule has 3 saturated heterocycles. The molecule has 4 aliphatic heterocycles. The number of amides is 7. The van der Waals surface area contributed by atoms with Crippen molar-refractivity contribution in [2.75, 3.05) is 75.3 Å². The van der Waals surface area contributed by atoms with Crippen molar-refractivity contribution in [3.8, 4) is 0 Å². The highest BCUT2D eigenvalue weighted by Crippen LogP contribution is 2.52. The summed E-state index contributed by atoms with van der Waals surface area (Å²) in [5, 5.41) is 20.3. The van der Waals surface area contributed by atoms with Crippen LogP contribution in [-0.2, 0) is 105 Å². The number of carboxylic acid groups (broad SMARTS) is 1. The molecule has 4 aliphatic rings. The molecule has 17 N–H and O–H groups in total. The second-order valence-corrected chi connectivity index (χ2v) is 40.7. The van der Waals surface area contributed by atoms with Crippen molar-refractivity contribution in [2.45, 2.75) is 192 Å². The Labute approximate surface area is 729 Å². The predicted octanol–water partition coefficient (Wildman–Crippen LogP) is 3.12. The van der Waals surface area contributed by atoms with E-state index in [4.69, 9.17) is 22.2 Å². The van der Waals surface area contributed by atoms with Gasteiger partial charge in [0.05, 0.1) is 27.8 Å². The van der Waals surface area contributed by atoms with Crippen LogP contribution in [-0.4, -0.2) is 262 Å². The maximum absolute atomic E-state index is 14.4. The van der Waals surface area contributed by atoms with Crippen LogP contribution in [0.25, 0.3) is 27.1 Å². The van der Waals surface area contributed by atoms with Crippen LogP contribution < -0.4 is 43.4 Å². The number of nitrogens with zero attached hydrogens (tertiary/aromatic N) is 7. The molecule has 3 fully saturated rings. The molecule has 1 aromatic heterocycles. The maximum Gasteiger partial charge on any atom is 0.326 e. The van der Waals surface area contributed by atoms with E-state index in [9.17, 15) is 121 Å². The zero-order valence-corrected chi connectivity index (χ0v) is 74.4. The number of hydrogen-bond acceptors (Lipinski definition) is 25. The highest BCUT2D eigenvalue weighted by atomic mass is 32.2. The number of aliphatic imine (C=N–C) groups is 2. The fourth-order valence-corrected chi connectivity index (χ4v) is 20.1. The van der Waals surface area contributed by atoms with Gasteiger partial charge >= 0.3 is 5.97 Å². The number of benzene rings is 4. The van der Waals surface area contributed by atoms with Gasteiger partial charge < -0.3 is 63.2 Å². The van der Waals surface area contributed by atoms with Gasteiger partial charge in [0.1, 0.15) is 45.7 Å². The number of nitrogens with one attached hydrogen (secondary N) is 4.